The Labute approximate surface area is 106 Å². The minimum atomic E-state index is -0.403. The molecule has 0 amide bonds. The van der Waals surface area contributed by atoms with E-state index < -0.39 is 6.10 Å². The van der Waals surface area contributed by atoms with Crippen LogP contribution in [0.3, 0.4) is 0 Å². The Morgan fingerprint density at radius 3 is 2.62 bits per heavy atom. The maximum atomic E-state index is 10.0. The van der Waals surface area contributed by atoms with E-state index in [2.05, 4.69) is 5.32 Å². The topological polar surface area (TPSA) is 32.3 Å². The van der Waals surface area contributed by atoms with Gasteiger partial charge in [0.2, 0.25) is 0 Å². The smallest absolute Gasteiger partial charge is 0.0621 e. The van der Waals surface area contributed by atoms with E-state index in [-0.39, 0.29) is 5.41 Å². The van der Waals surface area contributed by atoms with Crippen molar-refractivity contribution in [2.75, 3.05) is 13.1 Å². The van der Waals surface area contributed by atoms with E-state index in [0.29, 0.717) is 10.0 Å². The number of halogens is 2. The lowest BCUT2D eigenvalue weighted by Gasteiger charge is -2.32. The molecule has 1 saturated heterocycles. The van der Waals surface area contributed by atoms with Crippen molar-refractivity contribution in [2.45, 2.75) is 24.9 Å². The molecule has 1 aliphatic heterocycles. The number of hydrogen-bond donors (Lipinski definition) is 2. The molecule has 16 heavy (non-hydrogen) atoms. The summed E-state index contributed by atoms with van der Waals surface area (Å²) in [6, 6.07) is 5.61. The lowest BCUT2D eigenvalue weighted by molar-refractivity contribution is 0.107. The predicted octanol–water partition coefficient (Wildman–Crippen LogP) is 2.61. The summed E-state index contributed by atoms with van der Waals surface area (Å²) in [6.07, 6.45) is 0.516. The van der Waals surface area contributed by atoms with Crippen LogP contribution < -0.4 is 5.32 Å². The molecule has 1 fully saturated rings. The van der Waals surface area contributed by atoms with Crippen LogP contribution >= 0.6 is 23.2 Å². The standard InChI is InChI=1S/C12H15Cl2NO/c1-8(16)12(4-5-15-7-12)9-2-3-10(13)11(14)6-9/h2-3,6,8,15-16H,4-5,7H2,1H3. The van der Waals surface area contributed by atoms with Gasteiger partial charge in [-0.1, -0.05) is 29.3 Å². The summed E-state index contributed by atoms with van der Waals surface area (Å²) in [5.41, 5.74) is 0.829. The van der Waals surface area contributed by atoms with Crippen LogP contribution in [0.4, 0.5) is 0 Å². The molecule has 0 radical (unpaired) electrons. The van der Waals surface area contributed by atoms with Gasteiger partial charge in [-0.05, 0) is 37.6 Å². The first-order valence-electron chi connectivity index (χ1n) is 5.40. The summed E-state index contributed by atoms with van der Waals surface area (Å²) in [5, 5.41) is 14.4. The van der Waals surface area contributed by atoms with E-state index in [1.165, 1.54) is 0 Å². The SMILES string of the molecule is CC(O)C1(c2ccc(Cl)c(Cl)c2)CCNC1. The molecule has 1 heterocycles. The second-order valence-electron chi connectivity index (χ2n) is 4.39. The molecule has 4 heteroatoms. The third-order valence-electron chi connectivity index (χ3n) is 3.48. The third-order valence-corrected chi connectivity index (χ3v) is 4.22. The van der Waals surface area contributed by atoms with Gasteiger partial charge in [0.15, 0.2) is 0 Å². The molecule has 1 aliphatic rings. The zero-order valence-corrected chi connectivity index (χ0v) is 10.6. The zero-order valence-electron chi connectivity index (χ0n) is 9.13. The molecule has 0 aromatic heterocycles. The summed E-state index contributed by atoms with van der Waals surface area (Å²) < 4.78 is 0. The minimum Gasteiger partial charge on any atom is -0.392 e. The fourth-order valence-corrected chi connectivity index (χ4v) is 2.66. The maximum absolute atomic E-state index is 10.0. The molecular weight excluding hydrogens is 245 g/mol. The first-order valence-corrected chi connectivity index (χ1v) is 6.16. The van der Waals surface area contributed by atoms with Crippen molar-refractivity contribution in [3.05, 3.63) is 33.8 Å². The Morgan fingerprint density at radius 2 is 2.12 bits per heavy atom. The highest BCUT2D eigenvalue weighted by atomic mass is 35.5. The first kappa shape index (κ1) is 12.2. The van der Waals surface area contributed by atoms with E-state index in [0.717, 1.165) is 25.1 Å². The maximum Gasteiger partial charge on any atom is 0.0621 e. The van der Waals surface area contributed by atoms with Crippen LogP contribution in [0.1, 0.15) is 18.9 Å². The molecule has 0 aliphatic carbocycles. The van der Waals surface area contributed by atoms with E-state index in [1.807, 2.05) is 19.1 Å². The van der Waals surface area contributed by atoms with E-state index in [1.54, 1.807) is 6.07 Å². The molecule has 0 spiro atoms. The Balaban J connectivity index is 2.43. The van der Waals surface area contributed by atoms with Gasteiger partial charge < -0.3 is 10.4 Å². The molecule has 1 aromatic carbocycles. The fourth-order valence-electron chi connectivity index (χ4n) is 2.36. The van der Waals surface area contributed by atoms with Gasteiger partial charge >= 0.3 is 0 Å². The van der Waals surface area contributed by atoms with Crippen molar-refractivity contribution in [1.29, 1.82) is 0 Å². The molecule has 0 bridgehead atoms. The number of aliphatic hydroxyl groups excluding tert-OH is 1. The number of aliphatic hydroxyl groups is 1. The molecule has 2 rings (SSSR count). The average molecular weight is 260 g/mol. The van der Waals surface area contributed by atoms with Crippen LogP contribution in [0.2, 0.25) is 10.0 Å². The van der Waals surface area contributed by atoms with Crippen molar-refractivity contribution >= 4 is 23.2 Å². The molecule has 0 saturated carbocycles. The number of nitrogens with one attached hydrogen (secondary N) is 1. The third kappa shape index (κ3) is 1.95. The van der Waals surface area contributed by atoms with Gasteiger partial charge in [0, 0.05) is 12.0 Å². The summed E-state index contributed by atoms with van der Waals surface area (Å²) in [4.78, 5) is 0. The van der Waals surface area contributed by atoms with Crippen LogP contribution in [0.5, 0.6) is 0 Å². The van der Waals surface area contributed by atoms with Crippen LogP contribution in [-0.2, 0) is 5.41 Å². The summed E-state index contributed by atoms with van der Waals surface area (Å²) in [6.45, 7) is 3.53. The Hall–Kier alpha value is -0.280. The predicted molar refractivity (Wildman–Crippen MR) is 67.3 cm³/mol. The molecule has 1 aromatic rings. The highest BCUT2D eigenvalue weighted by Crippen LogP contribution is 2.37. The van der Waals surface area contributed by atoms with Crippen molar-refractivity contribution in [1.82, 2.24) is 5.32 Å². The highest BCUT2D eigenvalue weighted by molar-refractivity contribution is 6.42. The monoisotopic (exact) mass is 259 g/mol. The largest absolute Gasteiger partial charge is 0.392 e. The lowest BCUT2D eigenvalue weighted by atomic mass is 9.75. The van der Waals surface area contributed by atoms with Crippen molar-refractivity contribution in [3.63, 3.8) is 0 Å². The Morgan fingerprint density at radius 1 is 1.38 bits per heavy atom. The molecular formula is C12H15Cl2NO. The lowest BCUT2D eigenvalue weighted by Crippen LogP contribution is -2.39. The second-order valence-corrected chi connectivity index (χ2v) is 5.20. The van der Waals surface area contributed by atoms with Crippen molar-refractivity contribution in [2.24, 2.45) is 0 Å². The summed E-state index contributed by atoms with van der Waals surface area (Å²) in [7, 11) is 0. The second kappa shape index (κ2) is 4.53. The minimum absolute atomic E-state index is 0.228. The summed E-state index contributed by atoms with van der Waals surface area (Å²) >= 11 is 11.9. The van der Waals surface area contributed by atoms with Crippen LogP contribution in [0.25, 0.3) is 0 Å². The Kier molecular flexibility index (Phi) is 3.45. The fraction of sp³-hybridized carbons (Fsp3) is 0.500. The van der Waals surface area contributed by atoms with E-state index in [4.69, 9.17) is 23.2 Å². The number of hydrogen-bond acceptors (Lipinski definition) is 2. The molecule has 2 unspecified atom stereocenters. The van der Waals surface area contributed by atoms with Gasteiger partial charge in [0.05, 0.1) is 16.1 Å². The van der Waals surface area contributed by atoms with Gasteiger partial charge in [-0.25, -0.2) is 0 Å². The molecule has 2 atom stereocenters. The van der Waals surface area contributed by atoms with Gasteiger partial charge in [-0.3, -0.25) is 0 Å². The summed E-state index contributed by atoms with van der Waals surface area (Å²) in [5.74, 6) is 0. The molecule has 88 valence electrons. The van der Waals surface area contributed by atoms with Gasteiger partial charge in [-0.15, -0.1) is 0 Å². The van der Waals surface area contributed by atoms with Crippen LogP contribution in [0, 0.1) is 0 Å². The number of rotatable bonds is 2. The highest BCUT2D eigenvalue weighted by Gasteiger charge is 2.40. The van der Waals surface area contributed by atoms with E-state index in [9.17, 15) is 5.11 Å². The Bertz CT molecular complexity index is 387. The normalized spacial score (nSPS) is 27.0. The zero-order chi connectivity index (χ0) is 11.8. The van der Waals surface area contributed by atoms with Crippen LogP contribution in [0.15, 0.2) is 18.2 Å². The van der Waals surface area contributed by atoms with Crippen molar-refractivity contribution < 1.29 is 5.11 Å². The van der Waals surface area contributed by atoms with Gasteiger partial charge in [0.1, 0.15) is 0 Å². The van der Waals surface area contributed by atoms with Gasteiger partial charge in [-0.2, -0.15) is 0 Å². The quantitative estimate of drug-likeness (QED) is 0.856. The first-order chi connectivity index (χ1) is 7.56. The average Bonchev–Trinajstić information content (AvgIpc) is 2.72. The van der Waals surface area contributed by atoms with Crippen molar-refractivity contribution in [3.8, 4) is 0 Å². The van der Waals surface area contributed by atoms with Gasteiger partial charge in [0.25, 0.3) is 0 Å². The van der Waals surface area contributed by atoms with E-state index >= 15 is 0 Å². The van der Waals surface area contributed by atoms with Crippen LogP contribution in [-0.4, -0.2) is 24.3 Å². The number of benzene rings is 1. The molecule has 2 nitrogen and oxygen atoms in total. The molecule has 2 N–H and O–H groups in total.